The van der Waals surface area contributed by atoms with E-state index in [4.69, 9.17) is 4.74 Å². The molecule has 3 N–H and O–H groups in total. The Morgan fingerprint density at radius 3 is 2.27 bits per heavy atom. The highest BCUT2D eigenvalue weighted by atomic mass is 79.9. The predicted octanol–water partition coefficient (Wildman–Crippen LogP) is 5.89. The number of hydrogen-bond donors (Lipinski definition) is 3. The Labute approximate surface area is 240 Å². The molecular weight excluding hydrogens is 576 g/mol. The van der Waals surface area contributed by atoms with Crippen LogP contribution in [0.2, 0.25) is 0 Å². The molecule has 1 aromatic heterocycles. The number of rotatable bonds is 9. The number of anilines is 1. The van der Waals surface area contributed by atoms with Crippen LogP contribution in [0.3, 0.4) is 0 Å². The number of nitrogens with zero attached hydrogens (tertiary/aromatic N) is 2. The number of aryl methyl sites for hydroxylation is 2. The van der Waals surface area contributed by atoms with Crippen molar-refractivity contribution >= 4 is 39.6 Å². The van der Waals surface area contributed by atoms with Gasteiger partial charge in [-0.05, 0) is 49.2 Å². The van der Waals surface area contributed by atoms with E-state index < -0.39 is 30.1 Å². The van der Waals surface area contributed by atoms with Crippen molar-refractivity contribution in [2.24, 2.45) is 7.05 Å². The zero-order chi connectivity index (χ0) is 28.8. The summed E-state index contributed by atoms with van der Waals surface area (Å²) < 4.78 is 8.08. The first-order chi connectivity index (χ1) is 19.1. The molecule has 0 aliphatic carbocycles. The van der Waals surface area contributed by atoms with Gasteiger partial charge >= 0.3 is 12.1 Å². The minimum absolute atomic E-state index is 0.148. The van der Waals surface area contributed by atoms with E-state index in [9.17, 15) is 19.5 Å². The van der Waals surface area contributed by atoms with Crippen molar-refractivity contribution in [3.05, 3.63) is 106 Å². The molecular formula is C30H29BrN4O5. The molecule has 0 spiro atoms. The van der Waals surface area contributed by atoms with Crippen LogP contribution in [0.4, 0.5) is 10.5 Å². The second-order valence-corrected chi connectivity index (χ2v) is 10.2. The van der Waals surface area contributed by atoms with E-state index in [2.05, 4.69) is 31.7 Å². The molecule has 4 rings (SSSR count). The van der Waals surface area contributed by atoms with E-state index in [1.807, 2.05) is 42.5 Å². The summed E-state index contributed by atoms with van der Waals surface area (Å²) in [6.07, 6.45) is -0.914. The van der Waals surface area contributed by atoms with Crippen LogP contribution in [-0.2, 0) is 23.0 Å². The predicted molar refractivity (Wildman–Crippen MR) is 155 cm³/mol. The van der Waals surface area contributed by atoms with Crippen LogP contribution in [0.1, 0.15) is 40.2 Å². The number of aliphatic carboxylic acids is 1. The SMILES string of the molecule is Cc1nn(C)c(-c2ccc(C(=O)N[C@H](Cc3ccc(Br)cc3)C(=O)O)cc2)c1NC(=O)OC(C)c1ccccc1. The zero-order valence-corrected chi connectivity index (χ0v) is 23.8. The number of carbonyl (C=O) groups excluding carboxylic acids is 2. The maximum Gasteiger partial charge on any atom is 0.412 e. The Morgan fingerprint density at radius 2 is 1.65 bits per heavy atom. The normalized spacial score (nSPS) is 12.3. The fourth-order valence-electron chi connectivity index (χ4n) is 4.30. The lowest BCUT2D eigenvalue weighted by atomic mass is 10.0. The smallest absolute Gasteiger partial charge is 0.412 e. The van der Waals surface area contributed by atoms with Gasteiger partial charge in [-0.1, -0.05) is 70.5 Å². The average Bonchev–Trinajstić information content (AvgIpc) is 3.21. The molecule has 0 bridgehead atoms. The molecule has 0 saturated carbocycles. The van der Waals surface area contributed by atoms with Crippen LogP contribution in [0.15, 0.2) is 83.3 Å². The van der Waals surface area contributed by atoms with Crippen LogP contribution >= 0.6 is 15.9 Å². The molecule has 0 radical (unpaired) electrons. The summed E-state index contributed by atoms with van der Waals surface area (Å²) in [5, 5.41) is 19.5. The zero-order valence-electron chi connectivity index (χ0n) is 22.2. The number of nitrogens with one attached hydrogen (secondary N) is 2. The molecule has 10 heteroatoms. The second kappa shape index (κ2) is 12.6. The van der Waals surface area contributed by atoms with Crippen LogP contribution < -0.4 is 10.6 Å². The number of aromatic nitrogens is 2. The van der Waals surface area contributed by atoms with E-state index in [1.54, 1.807) is 62.0 Å². The third-order valence-corrected chi connectivity index (χ3v) is 6.91. The van der Waals surface area contributed by atoms with Gasteiger partial charge in [-0.3, -0.25) is 14.8 Å². The fraction of sp³-hybridized carbons (Fsp3) is 0.200. The molecule has 1 heterocycles. The minimum atomic E-state index is -1.12. The number of benzene rings is 3. The van der Waals surface area contributed by atoms with Gasteiger partial charge in [-0.15, -0.1) is 0 Å². The fourth-order valence-corrected chi connectivity index (χ4v) is 4.56. The van der Waals surface area contributed by atoms with Crippen molar-refractivity contribution in [2.45, 2.75) is 32.4 Å². The Bertz CT molecular complexity index is 1500. The first-order valence-electron chi connectivity index (χ1n) is 12.6. The van der Waals surface area contributed by atoms with Gasteiger partial charge in [0.25, 0.3) is 5.91 Å². The van der Waals surface area contributed by atoms with E-state index in [1.165, 1.54) is 0 Å². The number of amides is 2. The topological polar surface area (TPSA) is 123 Å². The molecule has 9 nitrogen and oxygen atoms in total. The number of carbonyl (C=O) groups is 3. The van der Waals surface area contributed by atoms with Crippen LogP contribution in [0.25, 0.3) is 11.3 Å². The molecule has 1 unspecified atom stereocenters. The molecule has 0 aliphatic rings. The summed E-state index contributed by atoms with van der Waals surface area (Å²) in [5.41, 5.74) is 4.39. The molecule has 4 aromatic rings. The molecule has 0 saturated heterocycles. The number of carboxylic acid groups (broad SMARTS) is 1. The van der Waals surface area contributed by atoms with Gasteiger partial charge in [0.1, 0.15) is 12.1 Å². The van der Waals surface area contributed by atoms with E-state index in [-0.39, 0.29) is 6.42 Å². The van der Waals surface area contributed by atoms with Gasteiger partial charge in [0.05, 0.1) is 17.1 Å². The highest BCUT2D eigenvalue weighted by molar-refractivity contribution is 9.10. The Hall–Kier alpha value is -4.44. The van der Waals surface area contributed by atoms with Gasteiger partial charge in [0, 0.05) is 29.1 Å². The number of hydrogen-bond acceptors (Lipinski definition) is 5. The molecule has 0 aliphatic heterocycles. The minimum Gasteiger partial charge on any atom is -0.480 e. The first-order valence-corrected chi connectivity index (χ1v) is 13.4. The maximum absolute atomic E-state index is 12.9. The Balaban J connectivity index is 1.47. The van der Waals surface area contributed by atoms with Crippen molar-refractivity contribution < 1.29 is 24.2 Å². The quantitative estimate of drug-likeness (QED) is 0.219. The number of ether oxygens (including phenoxy) is 1. The van der Waals surface area contributed by atoms with E-state index in [0.717, 1.165) is 15.6 Å². The van der Waals surface area contributed by atoms with Gasteiger partial charge in [0.2, 0.25) is 0 Å². The molecule has 2 atom stereocenters. The third kappa shape index (κ3) is 6.95. The van der Waals surface area contributed by atoms with Crippen molar-refractivity contribution in [1.29, 1.82) is 0 Å². The molecule has 0 fully saturated rings. The highest BCUT2D eigenvalue weighted by Crippen LogP contribution is 2.31. The Morgan fingerprint density at radius 1 is 1.00 bits per heavy atom. The monoisotopic (exact) mass is 604 g/mol. The summed E-state index contributed by atoms with van der Waals surface area (Å²) in [6.45, 7) is 3.57. The van der Waals surface area contributed by atoms with Crippen molar-refractivity contribution in [3.63, 3.8) is 0 Å². The molecule has 206 valence electrons. The van der Waals surface area contributed by atoms with Crippen LogP contribution in [-0.4, -0.2) is 38.9 Å². The molecule has 3 aromatic carbocycles. The van der Waals surface area contributed by atoms with Gasteiger partial charge in [0.15, 0.2) is 0 Å². The number of halogens is 1. The highest BCUT2D eigenvalue weighted by Gasteiger charge is 2.23. The van der Waals surface area contributed by atoms with Crippen molar-refractivity contribution in [3.8, 4) is 11.3 Å². The lowest BCUT2D eigenvalue weighted by molar-refractivity contribution is -0.139. The molecule has 40 heavy (non-hydrogen) atoms. The second-order valence-electron chi connectivity index (χ2n) is 9.29. The first kappa shape index (κ1) is 28.6. The average molecular weight is 605 g/mol. The summed E-state index contributed by atoms with van der Waals surface area (Å²) in [7, 11) is 1.76. The number of carboxylic acids is 1. The van der Waals surface area contributed by atoms with Gasteiger partial charge in [-0.25, -0.2) is 9.59 Å². The molecule has 2 amide bonds. The largest absolute Gasteiger partial charge is 0.480 e. The van der Waals surface area contributed by atoms with E-state index in [0.29, 0.717) is 28.2 Å². The summed E-state index contributed by atoms with van der Waals surface area (Å²) in [5.74, 6) is -1.63. The Kier molecular flexibility index (Phi) is 9.00. The standard InChI is InChI=1S/C30H29BrN4O5/c1-18-26(33-30(39)40-19(2)21-7-5-4-6-8-21)27(35(3)34-18)22-11-13-23(14-12-22)28(36)32-25(29(37)38)17-20-9-15-24(31)16-10-20/h4-16,19,25H,17H2,1-3H3,(H,32,36)(H,33,39)(H,37,38)/t19?,25-/m1/s1. The summed E-state index contributed by atoms with van der Waals surface area (Å²) >= 11 is 3.36. The van der Waals surface area contributed by atoms with Crippen LogP contribution in [0.5, 0.6) is 0 Å². The van der Waals surface area contributed by atoms with Gasteiger partial charge in [-0.2, -0.15) is 5.10 Å². The third-order valence-electron chi connectivity index (χ3n) is 6.38. The van der Waals surface area contributed by atoms with Crippen molar-refractivity contribution in [1.82, 2.24) is 15.1 Å². The summed E-state index contributed by atoms with van der Waals surface area (Å²) in [6, 6.07) is 22.2. The van der Waals surface area contributed by atoms with Crippen LogP contribution in [0, 0.1) is 6.92 Å². The lowest BCUT2D eigenvalue weighted by Crippen LogP contribution is -2.42. The van der Waals surface area contributed by atoms with Crippen molar-refractivity contribution in [2.75, 3.05) is 5.32 Å². The van der Waals surface area contributed by atoms with E-state index >= 15 is 0 Å². The maximum atomic E-state index is 12.9. The van der Waals surface area contributed by atoms with Gasteiger partial charge < -0.3 is 15.2 Å². The summed E-state index contributed by atoms with van der Waals surface area (Å²) in [4.78, 5) is 37.4. The lowest BCUT2D eigenvalue weighted by Gasteiger charge is -2.16.